The molecule has 3 aliphatic rings. The maximum atomic E-state index is 12.2. The zero-order chi connectivity index (χ0) is 21.3. The Bertz CT molecular complexity index is 845. The van der Waals surface area contributed by atoms with E-state index < -0.39 is 5.97 Å². The molecule has 2 heterocycles. The van der Waals surface area contributed by atoms with E-state index >= 15 is 0 Å². The van der Waals surface area contributed by atoms with Crippen LogP contribution in [0.5, 0.6) is 0 Å². The number of carboxylic acids is 1. The standard InChI is InChI=1S/C23H29ClN2O4/c1-15-11-20(25-9-10-30-19(13-25)14-29-2)26(12-16-3-7-18(24)8-4-16)22(17-5-6-17)21(15)23(27)28/h3-4,7-8,11,17,19-20H,5-6,9-10,12-14H2,1-2H3,(H,27,28)/t19-,20?/m0/s1. The van der Waals surface area contributed by atoms with Crippen molar-refractivity contribution in [3.8, 4) is 0 Å². The van der Waals surface area contributed by atoms with Crippen molar-refractivity contribution in [2.45, 2.75) is 38.6 Å². The highest BCUT2D eigenvalue weighted by atomic mass is 35.5. The molecule has 1 aromatic carbocycles. The van der Waals surface area contributed by atoms with Crippen LogP contribution in [-0.2, 0) is 20.8 Å². The molecule has 6 nitrogen and oxygen atoms in total. The summed E-state index contributed by atoms with van der Waals surface area (Å²) in [7, 11) is 1.69. The van der Waals surface area contributed by atoms with Gasteiger partial charge in [-0.25, -0.2) is 4.79 Å². The van der Waals surface area contributed by atoms with Crippen LogP contribution < -0.4 is 0 Å². The lowest BCUT2D eigenvalue weighted by Gasteiger charge is -2.46. The van der Waals surface area contributed by atoms with Crippen LogP contribution in [0.1, 0.15) is 25.3 Å². The molecule has 4 rings (SSSR count). The topological polar surface area (TPSA) is 62.2 Å². The van der Waals surface area contributed by atoms with Gasteiger partial charge in [-0.05, 0) is 55.0 Å². The Labute approximate surface area is 182 Å². The van der Waals surface area contributed by atoms with Gasteiger partial charge < -0.3 is 19.5 Å². The molecular formula is C23H29ClN2O4. The Hall–Kier alpha value is -1.86. The fourth-order valence-corrected chi connectivity index (χ4v) is 4.62. The summed E-state index contributed by atoms with van der Waals surface area (Å²) in [6.45, 7) is 5.30. The molecule has 2 fully saturated rings. The quantitative estimate of drug-likeness (QED) is 0.711. The SMILES string of the molecule is COC[C@@H]1CN(C2C=C(C)C(C(=O)O)=C(C3CC3)N2Cc2ccc(Cl)cc2)CCO1. The number of carbonyl (C=O) groups is 1. The molecule has 1 unspecified atom stereocenters. The Morgan fingerprint density at radius 1 is 1.30 bits per heavy atom. The number of allylic oxidation sites excluding steroid dienone is 1. The first-order chi connectivity index (χ1) is 14.5. The van der Waals surface area contributed by atoms with E-state index in [9.17, 15) is 9.90 Å². The van der Waals surface area contributed by atoms with Gasteiger partial charge in [0, 0.05) is 37.5 Å². The van der Waals surface area contributed by atoms with E-state index in [1.807, 2.05) is 31.2 Å². The van der Waals surface area contributed by atoms with Gasteiger partial charge in [-0.1, -0.05) is 23.7 Å². The molecule has 162 valence electrons. The summed E-state index contributed by atoms with van der Waals surface area (Å²) in [4.78, 5) is 16.8. The minimum Gasteiger partial charge on any atom is -0.478 e. The maximum absolute atomic E-state index is 12.2. The molecule has 0 spiro atoms. The normalized spacial score (nSPS) is 25.4. The van der Waals surface area contributed by atoms with Crippen molar-refractivity contribution in [1.29, 1.82) is 0 Å². The molecule has 1 N–H and O–H groups in total. The summed E-state index contributed by atoms with van der Waals surface area (Å²) in [5.74, 6) is -0.533. The van der Waals surface area contributed by atoms with E-state index in [0.717, 1.165) is 42.8 Å². The largest absolute Gasteiger partial charge is 0.478 e. The van der Waals surface area contributed by atoms with Crippen LogP contribution in [0.25, 0.3) is 0 Å². The second-order valence-electron chi connectivity index (χ2n) is 8.30. The Morgan fingerprint density at radius 2 is 2.03 bits per heavy atom. The zero-order valence-electron chi connectivity index (χ0n) is 17.5. The zero-order valence-corrected chi connectivity index (χ0v) is 18.3. The third-order valence-electron chi connectivity index (χ3n) is 6.02. The van der Waals surface area contributed by atoms with Crippen molar-refractivity contribution in [1.82, 2.24) is 9.80 Å². The van der Waals surface area contributed by atoms with Crippen molar-refractivity contribution in [2.24, 2.45) is 5.92 Å². The van der Waals surface area contributed by atoms with Crippen molar-refractivity contribution in [3.63, 3.8) is 0 Å². The van der Waals surface area contributed by atoms with E-state index in [2.05, 4.69) is 15.9 Å². The minimum absolute atomic E-state index is 0.0114. The molecule has 0 aromatic heterocycles. The minimum atomic E-state index is -0.843. The Morgan fingerprint density at radius 3 is 2.67 bits per heavy atom. The van der Waals surface area contributed by atoms with Crippen LogP contribution in [0, 0.1) is 5.92 Å². The van der Waals surface area contributed by atoms with Crippen molar-refractivity contribution in [3.05, 3.63) is 57.8 Å². The molecule has 0 radical (unpaired) electrons. The predicted molar refractivity (Wildman–Crippen MR) is 115 cm³/mol. The third kappa shape index (κ3) is 4.57. The average molecular weight is 433 g/mol. The van der Waals surface area contributed by atoms with Gasteiger partial charge in [0.25, 0.3) is 0 Å². The van der Waals surface area contributed by atoms with Crippen LogP contribution in [-0.4, -0.2) is 66.6 Å². The average Bonchev–Trinajstić information content (AvgIpc) is 3.55. The number of morpholine rings is 1. The van der Waals surface area contributed by atoms with Gasteiger partial charge in [0.2, 0.25) is 0 Å². The van der Waals surface area contributed by atoms with Crippen molar-refractivity contribution < 1.29 is 19.4 Å². The lowest BCUT2D eigenvalue weighted by molar-refractivity contribution is -0.132. The first-order valence-corrected chi connectivity index (χ1v) is 10.9. The number of hydrogen-bond donors (Lipinski definition) is 1. The molecule has 2 aliphatic heterocycles. The highest BCUT2D eigenvalue weighted by Crippen LogP contribution is 2.45. The van der Waals surface area contributed by atoms with Gasteiger partial charge in [-0.2, -0.15) is 0 Å². The summed E-state index contributed by atoms with van der Waals surface area (Å²) in [6, 6.07) is 7.81. The number of rotatable bonds is 7. The van der Waals surface area contributed by atoms with Crippen LogP contribution in [0.4, 0.5) is 0 Å². The van der Waals surface area contributed by atoms with E-state index in [1.54, 1.807) is 7.11 Å². The van der Waals surface area contributed by atoms with E-state index in [0.29, 0.717) is 36.3 Å². The van der Waals surface area contributed by atoms with Crippen LogP contribution in [0.15, 0.2) is 47.2 Å². The molecule has 1 saturated heterocycles. The van der Waals surface area contributed by atoms with Crippen molar-refractivity contribution >= 4 is 17.6 Å². The second kappa shape index (κ2) is 9.10. The van der Waals surface area contributed by atoms with Gasteiger partial charge in [-0.15, -0.1) is 0 Å². The first-order valence-electron chi connectivity index (χ1n) is 10.5. The van der Waals surface area contributed by atoms with Gasteiger partial charge in [0.15, 0.2) is 0 Å². The monoisotopic (exact) mass is 432 g/mol. The van der Waals surface area contributed by atoms with E-state index in [1.165, 1.54) is 0 Å². The number of ether oxygens (including phenoxy) is 2. The number of hydrogen-bond acceptors (Lipinski definition) is 5. The van der Waals surface area contributed by atoms with Gasteiger partial charge in [0.05, 0.1) is 24.9 Å². The molecule has 7 heteroatoms. The number of nitrogens with zero attached hydrogens (tertiary/aromatic N) is 2. The Balaban J connectivity index is 1.70. The summed E-state index contributed by atoms with van der Waals surface area (Å²) in [5.41, 5.74) is 3.39. The number of carboxylic acid groups (broad SMARTS) is 1. The predicted octanol–water partition coefficient (Wildman–Crippen LogP) is 3.52. The molecule has 2 atom stereocenters. The maximum Gasteiger partial charge on any atom is 0.337 e. The lowest BCUT2D eigenvalue weighted by atomic mass is 9.95. The summed E-state index contributed by atoms with van der Waals surface area (Å²) >= 11 is 6.08. The number of halogens is 1. The summed E-state index contributed by atoms with van der Waals surface area (Å²) in [6.07, 6.45) is 4.18. The van der Waals surface area contributed by atoms with Crippen LogP contribution >= 0.6 is 11.6 Å². The van der Waals surface area contributed by atoms with Crippen molar-refractivity contribution in [2.75, 3.05) is 33.4 Å². The van der Waals surface area contributed by atoms with Gasteiger partial charge in [0.1, 0.15) is 6.17 Å². The van der Waals surface area contributed by atoms with E-state index in [-0.39, 0.29) is 12.3 Å². The fourth-order valence-electron chi connectivity index (χ4n) is 4.50. The molecule has 0 bridgehead atoms. The molecular weight excluding hydrogens is 404 g/mol. The lowest BCUT2D eigenvalue weighted by Crippen LogP contribution is -2.55. The second-order valence-corrected chi connectivity index (χ2v) is 8.74. The first kappa shape index (κ1) is 21.4. The fraction of sp³-hybridized carbons (Fsp3) is 0.522. The van der Waals surface area contributed by atoms with Gasteiger partial charge >= 0.3 is 5.97 Å². The van der Waals surface area contributed by atoms with Gasteiger partial charge in [-0.3, -0.25) is 4.90 Å². The highest BCUT2D eigenvalue weighted by Gasteiger charge is 2.41. The number of aliphatic carboxylic acids is 1. The van der Waals surface area contributed by atoms with Crippen LogP contribution in [0.3, 0.4) is 0 Å². The molecule has 1 aromatic rings. The molecule has 1 aliphatic carbocycles. The Kier molecular flexibility index (Phi) is 6.48. The summed E-state index contributed by atoms with van der Waals surface area (Å²) < 4.78 is 11.2. The highest BCUT2D eigenvalue weighted by molar-refractivity contribution is 6.30. The third-order valence-corrected chi connectivity index (χ3v) is 6.27. The smallest absolute Gasteiger partial charge is 0.337 e. The van der Waals surface area contributed by atoms with Crippen LogP contribution in [0.2, 0.25) is 5.02 Å². The molecule has 1 saturated carbocycles. The van der Waals surface area contributed by atoms with E-state index in [4.69, 9.17) is 21.1 Å². The number of methoxy groups -OCH3 is 1. The molecule has 0 amide bonds. The molecule has 30 heavy (non-hydrogen) atoms. The summed E-state index contributed by atoms with van der Waals surface area (Å²) in [5, 5.41) is 10.7. The number of benzene rings is 1.